The standard InChI is InChI=1S/C10H17N/c1-4-6-10(5-2)7-9(3)8-11/h4-6,8-11H,2,7H2,1,3H3/b6-4-,11-8?. The molecule has 0 fully saturated rings. The summed E-state index contributed by atoms with van der Waals surface area (Å²) in [5.74, 6) is 0.783. The van der Waals surface area contributed by atoms with Crippen LogP contribution in [0.2, 0.25) is 0 Å². The van der Waals surface area contributed by atoms with Gasteiger partial charge in [0, 0.05) is 0 Å². The number of hydrogen-bond donors (Lipinski definition) is 1. The Kier molecular flexibility index (Phi) is 5.44. The first-order valence-corrected chi connectivity index (χ1v) is 4.00. The SMILES string of the molecule is C=CC(/C=C\C)CC(C)C=N. The molecule has 62 valence electrons. The minimum absolute atomic E-state index is 0.356. The maximum absolute atomic E-state index is 7.03. The molecule has 0 bridgehead atoms. The first-order valence-electron chi connectivity index (χ1n) is 4.00. The summed E-state index contributed by atoms with van der Waals surface area (Å²) in [6.45, 7) is 7.79. The van der Waals surface area contributed by atoms with Crippen LogP contribution in [-0.4, -0.2) is 6.21 Å². The zero-order chi connectivity index (χ0) is 8.69. The molecule has 0 aliphatic carbocycles. The quantitative estimate of drug-likeness (QED) is 0.461. The maximum atomic E-state index is 7.03. The molecule has 0 saturated heterocycles. The monoisotopic (exact) mass is 151 g/mol. The van der Waals surface area contributed by atoms with Crippen molar-refractivity contribution in [2.75, 3.05) is 0 Å². The molecule has 1 heteroatoms. The maximum Gasteiger partial charge on any atom is -0.00192 e. The van der Waals surface area contributed by atoms with Crippen LogP contribution in [0.3, 0.4) is 0 Å². The van der Waals surface area contributed by atoms with Crippen LogP contribution in [0.1, 0.15) is 20.3 Å². The second-order valence-electron chi connectivity index (χ2n) is 2.80. The van der Waals surface area contributed by atoms with Gasteiger partial charge in [0.25, 0.3) is 0 Å². The third-order valence-corrected chi connectivity index (χ3v) is 1.67. The van der Waals surface area contributed by atoms with Crippen LogP contribution >= 0.6 is 0 Å². The van der Waals surface area contributed by atoms with Crippen molar-refractivity contribution in [3.63, 3.8) is 0 Å². The lowest BCUT2D eigenvalue weighted by Crippen LogP contribution is -2.02. The van der Waals surface area contributed by atoms with E-state index in [0.29, 0.717) is 11.8 Å². The highest BCUT2D eigenvalue weighted by Gasteiger charge is 2.03. The van der Waals surface area contributed by atoms with E-state index in [9.17, 15) is 0 Å². The molecule has 0 aromatic carbocycles. The van der Waals surface area contributed by atoms with E-state index in [1.807, 2.05) is 26.0 Å². The number of nitrogens with one attached hydrogen (secondary N) is 1. The Bertz CT molecular complexity index is 147. The van der Waals surface area contributed by atoms with E-state index in [0.717, 1.165) is 6.42 Å². The van der Waals surface area contributed by atoms with Gasteiger partial charge in [-0.15, -0.1) is 6.58 Å². The van der Waals surface area contributed by atoms with Crippen LogP contribution in [-0.2, 0) is 0 Å². The van der Waals surface area contributed by atoms with E-state index in [1.54, 1.807) is 0 Å². The van der Waals surface area contributed by atoms with Crippen molar-refractivity contribution in [2.24, 2.45) is 11.8 Å². The average Bonchev–Trinajstić information content (AvgIpc) is 2.03. The lowest BCUT2D eigenvalue weighted by molar-refractivity contribution is 0.615. The highest BCUT2D eigenvalue weighted by atomic mass is 14.3. The van der Waals surface area contributed by atoms with Gasteiger partial charge in [0.15, 0.2) is 0 Å². The van der Waals surface area contributed by atoms with Crippen molar-refractivity contribution in [3.05, 3.63) is 24.8 Å². The fraction of sp³-hybridized carbons (Fsp3) is 0.500. The van der Waals surface area contributed by atoms with Gasteiger partial charge in [-0.25, -0.2) is 0 Å². The second-order valence-corrected chi connectivity index (χ2v) is 2.80. The summed E-state index contributed by atoms with van der Waals surface area (Å²) in [6, 6.07) is 0. The van der Waals surface area contributed by atoms with Gasteiger partial charge in [-0.3, -0.25) is 0 Å². The Labute approximate surface area is 69.3 Å². The Morgan fingerprint density at radius 3 is 2.55 bits per heavy atom. The van der Waals surface area contributed by atoms with Crippen molar-refractivity contribution >= 4 is 6.21 Å². The lowest BCUT2D eigenvalue weighted by Gasteiger charge is -2.09. The van der Waals surface area contributed by atoms with Gasteiger partial charge in [0.05, 0.1) is 0 Å². The Hall–Kier alpha value is -0.850. The van der Waals surface area contributed by atoms with Crippen LogP contribution in [0.25, 0.3) is 0 Å². The van der Waals surface area contributed by atoms with E-state index < -0.39 is 0 Å². The van der Waals surface area contributed by atoms with E-state index in [2.05, 4.69) is 12.7 Å². The summed E-state index contributed by atoms with van der Waals surface area (Å²) >= 11 is 0. The molecule has 0 aliphatic rings. The smallest absolute Gasteiger partial charge is 0.00192 e. The summed E-state index contributed by atoms with van der Waals surface area (Å²) in [4.78, 5) is 0. The molecule has 0 aromatic rings. The molecule has 0 radical (unpaired) electrons. The molecule has 0 aromatic heterocycles. The van der Waals surface area contributed by atoms with Gasteiger partial charge in [0.1, 0.15) is 0 Å². The Balaban J connectivity index is 3.86. The van der Waals surface area contributed by atoms with Gasteiger partial charge in [-0.05, 0) is 31.4 Å². The molecule has 0 rings (SSSR count). The van der Waals surface area contributed by atoms with Crippen molar-refractivity contribution < 1.29 is 0 Å². The van der Waals surface area contributed by atoms with Crippen LogP contribution in [0, 0.1) is 17.2 Å². The summed E-state index contributed by atoms with van der Waals surface area (Å²) in [5.41, 5.74) is 0. The van der Waals surface area contributed by atoms with E-state index in [-0.39, 0.29) is 0 Å². The van der Waals surface area contributed by atoms with Gasteiger partial charge in [-0.1, -0.05) is 25.2 Å². The molecule has 2 atom stereocenters. The fourth-order valence-corrected chi connectivity index (χ4v) is 0.998. The first kappa shape index (κ1) is 10.2. The normalized spacial score (nSPS) is 16.2. The first-order chi connectivity index (χ1) is 5.24. The van der Waals surface area contributed by atoms with Gasteiger partial charge < -0.3 is 5.41 Å². The van der Waals surface area contributed by atoms with Gasteiger partial charge in [-0.2, -0.15) is 0 Å². The topological polar surface area (TPSA) is 23.9 Å². The number of allylic oxidation sites excluding steroid dienone is 3. The van der Waals surface area contributed by atoms with E-state index in [4.69, 9.17) is 5.41 Å². The molecular formula is C10H17N. The molecule has 0 spiro atoms. The molecule has 2 unspecified atom stereocenters. The van der Waals surface area contributed by atoms with Gasteiger partial charge in [0.2, 0.25) is 0 Å². The van der Waals surface area contributed by atoms with Crippen LogP contribution in [0.15, 0.2) is 24.8 Å². The van der Waals surface area contributed by atoms with Crippen molar-refractivity contribution in [1.29, 1.82) is 5.41 Å². The molecule has 0 aliphatic heterocycles. The van der Waals surface area contributed by atoms with Crippen molar-refractivity contribution in [2.45, 2.75) is 20.3 Å². The number of rotatable bonds is 5. The molecule has 0 heterocycles. The predicted octanol–water partition coefficient (Wildman–Crippen LogP) is 3.04. The highest BCUT2D eigenvalue weighted by molar-refractivity contribution is 5.56. The fourth-order valence-electron chi connectivity index (χ4n) is 0.998. The summed E-state index contributed by atoms with van der Waals surface area (Å²) < 4.78 is 0. The summed E-state index contributed by atoms with van der Waals surface area (Å²) in [5, 5.41) is 7.03. The third kappa shape index (κ3) is 4.54. The molecule has 1 nitrogen and oxygen atoms in total. The van der Waals surface area contributed by atoms with Crippen LogP contribution < -0.4 is 0 Å². The molecule has 1 N–H and O–H groups in total. The van der Waals surface area contributed by atoms with Gasteiger partial charge >= 0.3 is 0 Å². The number of hydrogen-bond acceptors (Lipinski definition) is 1. The molecule has 0 amide bonds. The summed E-state index contributed by atoms with van der Waals surface area (Å²) in [6.07, 6.45) is 8.56. The lowest BCUT2D eigenvalue weighted by atomic mass is 9.96. The third-order valence-electron chi connectivity index (χ3n) is 1.67. The average molecular weight is 151 g/mol. The Morgan fingerprint density at radius 2 is 2.18 bits per heavy atom. The van der Waals surface area contributed by atoms with E-state index in [1.165, 1.54) is 6.21 Å². The van der Waals surface area contributed by atoms with Crippen LogP contribution in [0.5, 0.6) is 0 Å². The predicted molar refractivity (Wildman–Crippen MR) is 51.1 cm³/mol. The largest absolute Gasteiger partial charge is 0.313 e. The van der Waals surface area contributed by atoms with Crippen LogP contribution in [0.4, 0.5) is 0 Å². The minimum Gasteiger partial charge on any atom is -0.313 e. The van der Waals surface area contributed by atoms with Crippen molar-refractivity contribution in [3.8, 4) is 0 Å². The molecule has 0 saturated carbocycles. The Morgan fingerprint density at radius 1 is 1.55 bits per heavy atom. The zero-order valence-electron chi connectivity index (χ0n) is 7.38. The van der Waals surface area contributed by atoms with Crippen molar-refractivity contribution in [1.82, 2.24) is 0 Å². The molecular weight excluding hydrogens is 134 g/mol. The highest BCUT2D eigenvalue weighted by Crippen LogP contribution is 2.12. The van der Waals surface area contributed by atoms with E-state index >= 15 is 0 Å². The summed E-state index contributed by atoms with van der Waals surface area (Å²) in [7, 11) is 0. The zero-order valence-corrected chi connectivity index (χ0v) is 7.38. The second kappa shape index (κ2) is 5.90. The minimum atomic E-state index is 0.356. The molecule has 11 heavy (non-hydrogen) atoms.